The zero-order valence-electron chi connectivity index (χ0n) is 19.3. The van der Waals surface area contributed by atoms with Crippen molar-refractivity contribution in [3.63, 3.8) is 0 Å². The van der Waals surface area contributed by atoms with Crippen LogP contribution in [0.1, 0.15) is 94.6 Å². The van der Waals surface area contributed by atoms with E-state index in [1.165, 1.54) is 51.4 Å². The summed E-state index contributed by atoms with van der Waals surface area (Å²) in [5.41, 5.74) is 1.15. The predicted octanol–water partition coefficient (Wildman–Crippen LogP) is 8.77. The fourth-order valence-electron chi connectivity index (χ4n) is 7.00. The third-order valence-electron chi connectivity index (χ3n) is 8.90. The van der Waals surface area contributed by atoms with Gasteiger partial charge in [-0.05, 0) is 137 Å². The number of allylic oxidation sites excluding steroid dienone is 3. The van der Waals surface area contributed by atoms with Crippen LogP contribution in [0.25, 0.3) is 0 Å². The molecule has 0 nitrogen and oxygen atoms in total. The highest BCUT2D eigenvalue weighted by molar-refractivity contribution is 5.29. The summed E-state index contributed by atoms with van der Waals surface area (Å²) in [6.07, 6.45) is 20.2. The molecule has 4 atom stereocenters. The van der Waals surface area contributed by atoms with E-state index in [0.29, 0.717) is 18.8 Å². The van der Waals surface area contributed by atoms with Crippen LogP contribution in [0, 0.1) is 41.2 Å². The number of hydrogen-bond acceptors (Lipinski definition) is 0. The molecule has 0 spiro atoms. The molecule has 0 N–H and O–H groups in total. The van der Waals surface area contributed by atoms with Crippen molar-refractivity contribution in [1.29, 1.82) is 0 Å². The second-order valence-electron chi connectivity index (χ2n) is 10.6. The van der Waals surface area contributed by atoms with Gasteiger partial charge in [0.2, 0.25) is 0 Å². The summed E-state index contributed by atoms with van der Waals surface area (Å²) < 4.78 is 29.3. The van der Waals surface area contributed by atoms with Crippen molar-refractivity contribution in [2.24, 2.45) is 29.6 Å². The van der Waals surface area contributed by atoms with Crippen molar-refractivity contribution in [2.75, 3.05) is 0 Å². The molecule has 3 fully saturated rings. The normalized spacial score (nSPS) is 33.9. The molecule has 1 aromatic carbocycles. The molecule has 0 heterocycles. The van der Waals surface area contributed by atoms with E-state index < -0.39 is 0 Å². The summed E-state index contributed by atoms with van der Waals surface area (Å²) in [4.78, 5) is 0. The zero-order chi connectivity index (χ0) is 21.8. The fraction of sp³-hybridized carbons (Fsp3) is 0.655. The lowest BCUT2D eigenvalue weighted by Gasteiger charge is -2.45. The van der Waals surface area contributed by atoms with Crippen molar-refractivity contribution in [2.45, 2.75) is 89.9 Å². The average Bonchev–Trinajstić information content (AvgIpc) is 2.80. The minimum atomic E-state index is -0.347. The molecule has 2 heteroatoms. The Balaban J connectivity index is 1.34. The third-order valence-corrected chi connectivity index (χ3v) is 8.90. The molecule has 0 aliphatic heterocycles. The Morgan fingerprint density at radius 3 is 2.06 bits per heavy atom. The standard InChI is InChI=1S/C29H40F2/c1-3-5-6-7-27-28(30)18-26(19-29(27)31)25-15-14-23-16-22(12-13-24(23)17-25)21-10-8-20(4-2)9-11-21/h3-5,18-25H,2,6-17H2,1H3/b5-3+. The van der Waals surface area contributed by atoms with Gasteiger partial charge in [-0.2, -0.15) is 0 Å². The van der Waals surface area contributed by atoms with Crippen molar-refractivity contribution in [3.8, 4) is 0 Å². The molecule has 0 aromatic heterocycles. The highest BCUT2D eigenvalue weighted by atomic mass is 19.1. The van der Waals surface area contributed by atoms with Crippen LogP contribution >= 0.6 is 0 Å². The molecule has 0 bridgehead atoms. The quantitative estimate of drug-likeness (QED) is 0.399. The van der Waals surface area contributed by atoms with E-state index in [1.807, 2.05) is 19.1 Å². The Labute approximate surface area is 188 Å². The van der Waals surface area contributed by atoms with Crippen LogP contribution in [0.5, 0.6) is 0 Å². The van der Waals surface area contributed by atoms with E-state index in [4.69, 9.17) is 0 Å². The van der Waals surface area contributed by atoms with E-state index in [9.17, 15) is 8.78 Å². The van der Waals surface area contributed by atoms with E-state index in [1.54, 1.807) is 12.1 Å². The molecule has 4 unspecified atom stereocenters. The monoisotopic (exact) mass is 426 g/mol. The summed E-state index contributed by atoms with van der Waals surface area (Å²) in [5, 5.41) is 0. The molecule has 1 aromatic rings. The highest BCUT2D eigenvalue weighted by Crippen LogP contribution is 2.51. The van der Waals surface area contributed by atoms with Gasteiger partial charge in [-0.1, -0.05) is 18.2 Å². The zero-order valence-corrected chi connectivity index (χ0v) is 19.3. The maximum Gasteiger partial charge on any atom is 0.129 e. The van der Waals surface area contributed by atoms with Crippen LogP contribution < -0.4 is 0 Å². The summed E-state index contributed by atoms with van der Waals surface area (Å²) in [7, 11) is 0. The maximum atomic E-state index is 14.7. The number of benzene rings is 1. The first-order valence-electron chi connectivity index (χ1n) is 12.8. The molecule has 3 aliphatic rings. The molecule has 4 rings (SSSR count). The minimum absolute atomic E-state index is 0.252. The summed E-state index contributed by atoms with van der Waals surface area (Å²) in [5.74, 6) is 3.80. The number of rotatable bonds is 6. The Morgan fingerprint density at radius 1 is 0.839 bits per heavy atom. The van der Waals surface area contributed by atoms with Gasteiger partial charge in [-0.15, -0.1) is 6.58 Å². The smallest absolute Gasteiger partial charge is 0.129 e. The highest BCUT2D eigenvalue weighted by Gasteiger charge is 2.39. The van der Waals surface area contributed by atoms with Gasteiger partial charge in [-0.3, -0.25) is 0 Å². The van der Waals surface area contributed by atoms with Crippen LogP contribution in [0.4, 0.5) is 8.78 Å². The summed E-state index contributed by atoms with van der Waals surface area (Å²) >= 11 is 0. The van der Waals surface area contributed by atoms with E-state index in [2.05, 4.69) is 12.7 Å². The number of fused-ring (bicyclic) bond motifs is 1. The molecule has 170 valence electrons. The Kier molecular flexibility index (Phi) is 7.67. The number of hydrogen-bond donors (Lipinski definition) is 0. The Morgan fingerprint density at radius 2 is 1.42 bits per heavy atom. The van der Waals surface area contributed by atoms with Gasteiger partial charge in [0.25, 0.3) is 0 Å². The minimum Gasteiger partial charge on any atom is -0.207 e. The lowest BCUT2D eigenvalue weighted by Crippen LogP contribution is -2.34. The van der Waals surface area contributed by atoms with Crippen molar-refractivity contribution in [3.05, 3.63) is 59.7 Å². The summed E-state index contributed by atoms with van der Waals surface area (Å²) in [6.45, 7) is 5.93. The largest absolute Gasteiger partial charge is 0.207 e. The van der Waals surface area contributed by atoms with E-state index in [-0.39, 0.29) is 17.2 Å². The number of halogens is 2. The average molecular weight is 427 g/mol. The molecule has 31 heavy (non-hydrogen) atoms. The summed E-state index contributed by atoms with van der Waals surface area (Å²) in [6, 6.07) is 3.28. The lowest BCUT2D eigenvalue weighted by atomic mass is 9.60. The van der Waals surface area contributed by atoms with Crippen molar-refractivity contribution < 1.29 is 8.78 Å². The topological polar surface area (TPSA) is 0 Å². The van der Waals surface area contributed by atoms with Gasteiger partial charge in [0, 0.05) is 5.56 Å². The third kappa shape index (κ3) is 5.32. The molecule has 3 saturated carbocycles. The van der Waals surface area contributed by atoms with Gasteiger partial charge >= 0.3 is 0 Å². The first kappa shape index (κ1) is 22.7. The Bertz CT molecular complexity index is 748. The first-order valence-corrected chi connectivity index (χ1v) is 12.8. The van der Waals surface area contributed by atoms with Gasteiger partial charge in [0.15, 0.2) is 0 Å². The van der Waals surface area contributed by atoms with Crippen LogP contribution in [0.2, 0.25) is 0 Å². The predicted molar refractivity (Wildman–Crippen MR) is 126 cm³/mol. The van der Waals surface area contributed by atoms with Gasteiger partial charge in [0.1, 0.15) is 11.6 Å². The van der Waals surface area contributed by atoms with Gasteiger partial charge in [0.05, 0.1) is 0 Å². The van der Waals surface area contributed by atoms with Gasteiger partial charge < -0.3 is 0 Å². The molecular formula is C29H40F2. The first-order chi connectivity index (χ1) is 15.1. The van der Waals surface area contributed by atoms with E-state index >= 15 is 0 Å². The molecule has 3 aliphatic carbocycles. The Hall–Kier alpha value is -1.44. The molecule has 0 saturated heterocycles. The van der Waals surface area contributed by atoms with Crippen molar-refractivity contribution in [1.82, 2.24) is 0 Å². The van der Waals surface area contributed by atoms with Gasteiger partial charge in [-0.25, -0.2) is 8.78 Å². The van der Waals surface area contributed by atoms with E-state index in [0.717, 1.165) is 48.0 Å². The molecule has 0 amide bonds. The second kappa shape index (κ2) is 10.5. The molecule has 0 radical (unpaired) electrons. The second-order valence-corrected chi connectivity index (χ2v) is 10.6. The maximum absolute atomic E-state index is 14.7. The fourth-order valence-corrected chi connectivity index (χ4v) is 7.00. The SMILES string of the molecule is C=CC1CCC(C2CCC3CC(c4cc(F)c(CC/C=C/C)c(F)c4)CCC3C2)CC1. The van der Waals surface area contributed by atoms with Crippen LogP contribution in [0.3, 0.4) is 0 Å². The van der Waals surface area contributed by atoms with Crippen LogP contribution in [-0.2, 0) is 6.42 Å². The van der Waals surface area contributed by atoms with Crippen LogP contribution in [-0.4, -0.2) is 0 Å². The lowest BCUT2D eigenvalue weighted by molar-refractivity contribution is 0.0747. The van der Waals surface area contributed by atoms with Crippen molar-refractivity contribution >= 4 is 0 Å². The molecular weight excluding hydrogens is 386 g/mol. The van der Waals surface area contributed by atoms with Crippen LogP contribution in [0.15, 0.2) is 36.9 Å².